The molecule has 150 valence electrons. The van der Waals surface area contributed by atoms with Gasteiger partial charge in [-0.15, -0.1) is 0 Å². The Bertz CT molecular complexity index is 1260. The highest BCUT2D eigenvalue weighted by molar-refractivity contribution is 6.30. The van der Waals surface area contributed by atoms with Gasteiger partial charge in [0.25, 0.3) is 0 Å². The molecule has 0 bridgehead atoms. The lowest BCUT2D eigenvalue weighted by molar-refractivity contribution is -0.136. The van der Waals surface area contributed by atoms with Crippen LogP contribution in [0.1, 0.15) is 0 Å². The summed E-state index contributed by atoms with van der Waals surface area (Å²) in [7, 11) is 0. The number of benzene rings is 3. The van der Waals surface area contributed by atoms with Crippen LogP contribution in [0.2, 0.25) is 10.0 Å². The summed E-state index contributed by atoms with van der Waals surface area (Å²) in [6.07, 6.45) is 1.38. The van der Waals surface area contributed by atoms with Crippen molar-refractivity contribution in [1.29, 1.82) is 0 Å². The van der Waals surface area contributed by atoms with Crippen LogP contribution in [0.4, 0.5) is 0 Å². The Morgan fingerprint density at radius 3 is 2.20 bits per heavy atom. The van der Waals surface area contributed by atoms with E-state index in [-0.39, 0.29) is 17.8 Å². The highest BCUT2D eigenvalue weighted by atomic mass is 35.5. The van der Waals surface area contributed by atoms with Crippen molar-refractivity contribution >= 4 is 40.1 Å². The topological polar surface area (TPSA) is 65.7 Å². The number of carbonyl (C=O) groups is 1. The third-order valence-corrected chi connectivity index (χ3v) is 4.81. The summed E-state index contributed by atoms with van der Waals surface area (Å²) in [5.41, 5.74) is 1.23. The number of hydrogen-bond donors (Lipinski definition) is 0. The molecule has 30 heavy (non-hydrogen) atoms. The monoisotopic (exact) mass is 440 g/mol. The Labute approximate surface area is 181 Å². The van der Waals surface area contributed by atoms with Crippen LogP contribution in [0.25, 0.3) is 22.1 Å². The molecule has 0 radical (unpaired) electrons. The molecule has 5 nitrogen and oxygen atoms in total. The van der Waals surface area contributed by atoms with Crippen molar-refractivity contribution in [2.45, 2.75) is 0 Å². The summed E-state index contributed by atoms with van der Waals surface area (Å²) in [6.45, 7) is -0.279. The van der Waals surface area contributed by atoms with Crippen molar-refractivity contribution in [2.24, 2.45) is 0 Å². The van der Waals surface area contributed by atoms with Crippen LogP contribution in [0.3, 0.4) is 0 Å². The fourth-order valence-electron chi connectivity index (χ4n) is 2.83. The molecule has 0 aliphatic heterocycles. The van der Waals surface area contributed by atoms with Crippen LogP contribution in [-0.2, 0) is 4.79 Å². The standard InChI is InChI=1S/C23H14Cl2O5/c24-15-3-1-14(2-4-15)20-12-29-21-11-18(9-10-19(21)23(20)27)30-22(26)13-28-17-7-5-16(25)6-8-17/h1-12H,13H2. The van der Waals surface area contributed by atoms with Crippen LogP contribution in [-0.4, -0.2) is 12.6 Å². The smallest absolute Gasteiger partial charge is 0.349 e. The third kappa shape index (κ3) is 4.48. The third-order valence-electron chi connectivity index (χ3n) is 4.30. The maximum absolute atomic E-state index is 12.8. The molecule has 0 spiro atoms. The maximum Gasteiger partial charge on any atom is 0.349 e. The van der Waals surface area contributed by atoms with Crippen LogP contribution in [0, 0.1) is 0 Å². The molecule has 4 rings (SSSR count). The van der Waals surface area contributed by atoms with Crippen LogP contribution < -0.4 is 14.9 Å². The number of halogens is 2. The fraction of sp³-hybridized carbons (Fsp3) is 0.0435. The Balaban J connectivity index is 1.50. The van der Waals surface area contributed by atoms with E-state index in [1.54, 1.807) is 54.6 Å². The van der Waals surface area contributed by atoms with Gasteiger partial charge in [-0.2, -0.15) is 0 Å². The molecule has 0 saturated carbocycles. The molecule has 0 amide bonds. The molecule has 0 atom stereocenters. The zero-order chi connectivity index (χ0) is 21.1. The van der Waals surface area contributed by atoms with Gasteiger partial charge in [0.2, 0.25) is 0 Å². The van der Waals surface area contributed by atoms with Crippen molar-refractivity contribution in [3.8, 4) is 22.6 Å². The van der Waals surface area contributed by atoms with Gasteiger partial charge in [-0.3, -0.25) is 4.79 Å². The minimum absolute atomic E-state index is 0.192. The van der Waals surface area contributed by atoms with Crippen molar-refractivity contribution in [1.82, 2.24) is 0 Å². The molecular formula is C23H14Cl2O5. The largest absolute Gasteiger partial charge is 0.482 e. The Morgan fingerprint density at radius 2 is 1.50 bits per heavy atom. The van der Waals surface area contributed by atoms with E-state index in [0.717, 1.165) is 0 Å². The number of carbonyl (C=O) groups excluding carboxylic acids is 1. The number of rotatable bonds is 5. The molecule has 7 heteroatoms. The van der Waals surface area contributed by atoms with E-state index in [0.29, 0.717) is 37.9 Å². The molecule has 0 aliphatic rings. The predicted octanol–water partition coefficient (Wildman–Crippen LogP) is 5.75. The molecule has 0 aliphatic carbocycles. The molecule has 1 aromatic heterocycles. The van der Waals surface area contributed by atoms with Crippen molar-refractivity contribution in [3.63, 3.8) is 0 Å². The number of esters is 1. The van der Waals surface area contributed by atoms with Gasteiger partial charge in [0, 0.05) is 16.1 Å². The second-order valence-corrected chi connectivity index (χ2v) is 7.23. The molecular weight excluding hydrogens is 427 g/mol. The number of hydrogen-bond acceptors (Lipinski definition) is 5. The Morgan fingerprint density at radius 1 is 0.867 bits per heavy atom. The fourth-order valence-corrected chi connectivity index (χ4v) is 3.09. The zero-order valence-electron chi connectivity index (χ0n) is 15.4. The van der Waals surface area contributed by atoms with Gasteiger partial charge in [-0.25, -0.2) is 4.79 Å². The lowest BCUT2D eigenvalue weighted by atomic mass is 10.1. The van der Waals surface area contributed by atoms with E-state index in [2.05, 4.69) is 0 Å². The van der Waals surface area contributed by atoms with E-state index in [9.17, 15) is 9.59 Å². The van der Waals surface area contributed by atoms with Gasteiger partial charge in [-0.05, 0) is 54.1 Å². The summed E-state index contributed by atoms with van der Waals surface area (Å²) in [4.78, 5) is 24.8. The van der Waals surface area contributed by atoms with E-state index in [4.69, 9.17) is 37.1 Å². The average molecular weight is 441 g/mol. The van der Waals surface area contributed by atoms with E-state index < -0.39 is 5.97 Å². The molecule has 3 aromatic carbocycles. The van der Waals surface area contributed by atoms with Crippen LogP contribution in [0.5, 0.6) is 11.5 Å². The minimum Gasteiger partial charge on any atom is -0.482 e. The van der Waals surface area contributed by atoms with Gasteiger partial charge >= 0.3 is 5.97 Å². The van der Waals surface area contributed by atoms with Gasteiger partial charge in [0.05, 0.1) is 10.9 Å². The van der Waals surface area contributed by atoms with Gasteiger partial charge in [0.1, 0.15) is 23.3 Å². The molecule has 0 saturated heterocycles. The molecule has 0 N–H and O–H groups in total. The highest BCUT2D eigenvalue weighted by Crippen LogP contribution is 2.24. The second kappa shape index (κ2) is 8.61. The van der Waals surface area contributed by atoms with Crippen molar-refractivity contribution in [3.05, 3.63) is 93.3 Å². The summed E-state index contributed by atoms with van der Waals surface area (Å²) in [5.74, 6) is 0.148. The lowest BCUT2D eigenvalue weighted by Gasteiger charge is -2.08. The predicted molar refractivity (Wildman–Crippen MR) is 116 cm³/mol. The lowest BCUT2D eigenvalue weighted by Crippen LogP contribution is -2.17. The molecule has 1 heterocycles. The summed E-state index contributed by atoms with van der Waals surface area (Å²) in [5, 5.41) is 1.52. The zero-order valence-corrected chi connectivity index (χ0v) is 16.9. The van der Waals surface area contributed by atoms with Crippen LogP contribution in [0.15, 0.2) is 82.2 Å². The number of ether oxygens (including phenoxy) is 2. The second-order valence-electron chi connectivity index (χ2n) is 6.36. The SMILES string of the molecule is O=C(COc1ccc(Cl)cc1)Oc1ccc2c(=O)c(-c3ccc(Cl)cc3)coc2c1. The van der Waals surface area contributed by atoms with Crippen LogP contribution >= 0.6 is 23.2 Å². The Hall–Kier alpha value is -3.28. The first-order valence-electron chi connectivity index (χ1n) is 8.90. The van der Waals surface area contributed by atoms with E-state index >= 15 is 0 Å². The number of fused-ring (bicyclic) bond motifs is 1. The molecule has 4 aromatic rings. The first-order valence-corrected chi connectivity index (χ1v) is 9.66. The van der Waals surface area contributed by atoms with E-state index in [1.165, 1.54) is 18.4 Å². The summed E-state index contributed by atoms with van der Waals surface area (Å²) >= 11 is 11.7. The van der Waals surface area contributed by atoms with Gasteiger partial charge in [0.15, 0.2) is 12.0 Å². The van der Waals surface area contributed by atoms with Gasteiger partial charge < -0.3 is 13.9 Å². The van der Waals surface area contributed by atoms with E-state index in [1.807, 2.05) is 0 Å². The average Bonchev–Trinajstić information content (AvgIpc) is 2.74. The van der Waals surface area contributed by atoms with Gasteiger partial charge in [-0.1, -0.05) is 35.3 Å². The normalized spacial score (nSPS) is 10.7. The quantitative estimate of drug-likeness (QED) is 0.292. The van der Waals surface area contributed by atoms with Crippen molar-refractivity contribution < 1.29 is 18.7 Å². The summed E-state index contributed by atoms with van der Waals surface area (Å²) < 4.78 is 16.2. The highest BCUT2D eigenvalue weighted by Gasteiger charge is 2.12. The maximum atomic E-state index is 12.8. The Kier molecular flexibility index (Phi) is 5.74. The first-order chi connectivity index (χ1) is 14.5. The molecule has 0 unspecified atom stereocenters. The summed E-state index contributed by atoms with van der Waals surface area (Å²) in [6, 6.07) is 18.1. The minimum atomic E-state index is -0.593. The van der Waals surface area contributed by atoms with Crippen molar-refractivity contribution in [2.75, 3.05) is 6.61 Å². The molecule has 0 fully saturated rings. The first kappa shape index (κ1) is 20.0.